The second-order valence-electron chi connectivity index (χ2n) is 6.46. The Hall–Kier alpha value is -2.22. The fraction of sp³-hybridized carbons (Fsp3) is 0.316. The van der Waals surface area contributed by atoms with Gasteiger partial charge in [0.25, 0.3) is 5.91 Å². The maximum Gasteiger partial charge on any atom is 0.255 e. The highest BCUT2D eigenvalue weighted by atomic mass is 32.2. The highest BCUT2D eigenvalue weighted by molar-refractivity contribution is 7.89. The van der Waals surface area contributed by atoms with E-state index in [4.69, 9.17) is 0 Å². The fourth-order valence-electron chi connectivity index (χ4n) is 2.28. The van der Waals surface area contributed by atoms with Crippen LogP contribution in [0.25, 0.3) is 0 Å². The van der Waals surface area contributed by atoms with E-state index in [9.17, 15) is 18.3 Å². The van der Waals surface area contributed by atoms with Crippen LogP contribution in [0, 0.1) is 0 Å². The van der Waals surface area contributed by atoms with Crippen LogP contribution in [-0.2, 0) is 10.0 Å². The molecule has 1 amide bonds. The smallest absolute Gasteiger partial charge is 0.255 e. The molecule has 2 aromatic rings. The number of hydrogen-bond donors (Lipinski definition) is 3. The molecule has 0 bridgehead atoms. The molecule has 0 saturated heterocycles. The fourth-order valence-corrected chi connectivity index (χ4v) is 3.40. The van der Waals surface area contributed by atoms with Gasteiger partial charge in [-0.15, -0.1) is 0 Å². The zero-order valence-electron chi connectivity index (χ0n) is 15.1. The monoisotopic (exact) mass is 376 g/mol. The highest BCUT2D eigenvalue weighted by Gasteiger charge is 2.15. The normalized spacial score (nSPS) is 12.8. The average molecular weight is 376 g/mol. The molecule has 1 unspecified atom stereocenters. The maximum atomic E-state index is 12.4. The Morgan fingerprint density at radius 3 is 2.31 bits per heavy atom. The Morgan fingerprint density at radius 2 is 1.73 bits per heavy atom. The number of nitrogens with one attached hydrogen (secondary N) is 2. The van der Waals surface area contributed by atoms with Crippen molar-refractivity contribution in [3.63, 3.8) is 0 Å². The van der Waals surface area contributed by atoms with Crippen molar-refractivity contribution in [2.75, 3.05) is 11.9 Å². The van der Waals surface area contributed by atoms with Gasteiger partial charge in [0, 0.05) is 17.8 Å². The first-order valence-corrected chi connectivity index (χ1v) is 9.86. The molecular weight excluding hydrogens is 352 g/mol. The van der Waals surface area contributed by atoms with E-state index in [1.165, 1.54) is 31.2 Å². The van der Waals surface area contributed by atoms with Crippen molar-refractivity contribution in [3.05, 3.63) is 59.7 Å². The van der Waals surface area contributed by atoms with Crippen molar-refractivity contribution in [1.29, 1.82) is 0 Å². The minimum absolute atomic E-state index is 0.0384. The summed E-state index contributed by atoms with van der Waals surface area (Å²) in [6, 6.07) is 13.3. The van der Waals surface area contributed by atoms with Gasteiger partial charge >= 0.3 is 0 Å². The third-order valence-corrected chi connectivity index (χ3v) is 5.25. The number of sulfonamides is 1. The van der Waals surface area contributed by atoms with Crippen LogP contribution in [0.5, 0.6) is 0 Å². The molecule has 0 fully saturated rings. The zero-order valence-corrected chi connectivity index (χ0v) is 15.9. The predicted octanol–water partition coefficient (Wildman–Crippen LogP) is 2.72. The first-order valence-electron chi connectivity index (χ1n) is 8.38. The first-order chi connectivity index (χ1) is 12.2. The van der Waals surface area contributed by atoms with Crippen LogP contribution in [0.3, 0.4) is 0 Å². The topological polar surface area (TPSA) is 95.5 Å². The summed E-state index contributed by atoms with van der Waals surface area (Å²) in [4.78, 5) is 12.4. The minimum atomic E-state index is -3.71. The third kappa shape index (κ3) is 5.39. The van der Waals surface area contributed by atoms with Gasteiger partial charge in [-0.25, -0.2) is 13.1 Å². The molecule has 0 aliphatic rings. The quantitative estimate of drug-likeness (QED) is 0.692. The summed E-state index contributed by atoms with van der Waals surface area (Å²) in [5.74, 6) is 0.0391. The summed E-state index contributed by atoms with van der Waals surface area (Å²) in [5, 5.41) is 12.0. The van der Waals surface area contributed by atoms with Gasteiger partial charge in [0.05, 0.1) is 11.0 Å². The Kier molecular flexibility index (Phi) is 6.52. The Balaban J connectivity index is 2.10. The lowest BCUT2D eigenvalue weighted by Gasteiger charge is -2.11. The molecule has 7 heteroatoms. The number of amides is 1. The molecule has 0 aromatic heterocycles. The van der Waals surface area contributed by atoms with Gasteiger partial charge in [0.15, 0.2) is 0 Å². The summed E-state index contributed by atoms with van der Waals surface area (Å²) in [6.07, 6.45) is -0.781. The molecule has 0 heterocycles. The lowest BCUT2D eigenvalue weighted by Crippen LogP contribution is -2.30. The van der Waals surface area contributed by atoms with Gasteiger partial charge in [-0.2, -0.15) is 0 Å². The van der Waals surface area contributed by atoms with Gasteiger partial charge in [-0.3, -0.25) is 4.79 Å². The van der Waals surface area contributed by atoms with Crippen molar-refractivity contribution in [2.45, 2.75) is 37.7 Å². The van der Waals surface area contributed by atoms with Gasteiger partial charge in [0.1, 0.15) is 0 Å². The molecule has 26 heavy (non-hydrogen) atoms. The van der Waals surface area contributed by atoms with Crippen LogP contribution in [0.4, 0.5) is 5.69 Å². The number of carbonyl (C=O) groups excluding carboxylic acids is 1. The number of benzene rings is 2. The molecular formula is C19H24N2O4S. The number of carbonyl (C=O) groups is 1. The largest absolute Gasteiger partial charge is 0.392 e. The zero-order chi connectivity index (χ0) is 19.3. The van der Waals surface area contributed by atoms with Gasteiger partial charge in [0.2, 0.25) is 10.0 Å². The van der Waals surface area contributed by atoms with Crippen LogP contribution < -0.4 is 10.0 Å². The average Bonchev–Trinajstić information content (AvgIpc) is 2.60. The summed E-state index contributed by atoms with van der Waals surface area (Å²) in [5.41, 5.74) is 2.17. The Bertz CT molecular complexity index is 859. The standard InChI is InChI=1S/C19H24N2O4S/c1-13(2)16-5-4-6-17(11-16)21-19(23)15-7-9-18(10-8-15)26(24,25)20-12-14(3)22/h4-11,13-14,20,22H,12H2,1-3H3,(H,21,23). The molecule has 0 saturated carbocycles. The first kappa shape index (κ1) is 20.1. The summed E-state index contributed by atoms with van der Waals surface area (Å²) < 4.78 is 26.5. The molecule has 0 spiro atoms. The van der Waals surface area contributed by atoms with Crippen molar-refractivity contribution in [2.24, 2.45) is 0 Å². The highest BCUT2D eigenvalue weighted by Crippen LogP contribution is 2.19. The van der Waals surface area contributed by atoms with E-state index in [1.54, 1.807) is 0 Å². The number of hydrogen-bond acceptors (Lipinski definition) is 4. The summed E-state index contributed by atoms with van der Waals surface area (Å²) in [6.45, 7) is 5.57. The van der Waals surface area contributed by atoms with E-state index in [2.05, 4.69) is 23.9 Å². The van der Waals surface area contributed by atoms with Crippen molar-refractivity contribution < 1.29 is 18.3 Å². The molecule has 140 valence electrons. The Morgan fingerprint density at radius 1 is 1.08 bits per heavy atom. The number of anilines is 1. The van der Waals surface area contributed by atoms with Gasteiger partial charge in [-0.1, -0.05) is 26.0 Å². The van der Waals surface area contributed by atoms with E-state index in [0.29, 0.717) is 17.2 Å². The van der Waals surface area contributed by atoms with E-state index in [0.717, 1.165) is 5.56 Å². The number of aliphatic hydroxyl groups is 1. The van der Waals surface area contributed by atoms with Crippen LogP contribution in [0.2, 0.25) is 0 Å². The second-order valence-corrected chi connectivity index (χ2v) is 8.23. The van der Waals surface area contributed by atoms with E-state index < -0.39 is 16.1 Å². The third-order valence-electron chi connectivity index (χ3n) is 3.81. The van der Waals surface area contributed by atoms with E-state index in [-0.39, 0.29) is 17.3 Å². The Labute approximate surface area is 154 Å². The molecule has 2 aromatic carbocycles. The number of aliphatic hydroxyl groups excluding tert-OH is 1. The van der Waals surface area contributed by atoms with E-state index in [1.807, 2.05) is 24.3 Å². The summed E-state index contributed by atoms with van der Waals surface area (Å²) >= 11 is 0. The van der Waals surface area contributed by atoms with Gasteiger partial charge in [-0.05, 0) is 54.8 Å². The van der Waals surface area contributed by atoms with E-state index >= 15 is 0 Å². The molecule has 2 rings (SSSR count). The SMILES string of the molecule is CC(O)CNS(=O)(=O)c1ccc(C(=O)Nc2cccc(C(C)C)c2)cc1. The molecule has 0 radical (unpaired) electrons. The molecule has 6 nitrogen and oxygen atoms in total. The molecule has 0 aliphatic carbocycles. The van der Waals surface area contributed by atoms with Crippen molar-refractivity contribution >= 4 is 21.6 Å². The van der Waals surface area contributed by atoms with Gasteiger partial charge < -0.3 is 10.4 Å². The molecule has 1 atom stereocenters. The van der Waals surface area contributed by atoms with Crippen molar-refractivity contribution in [3.8, 4) is 0 Å². The van der Waals surface area contributed by atoms with Crippen LogP contribution in [0.1, 0.15) is 42.6 Å². The lowest BCUT2D eigenvalue weighted by atomic mass is 10.0. The van der Waals surface area contributed by atoms with Crippen LogP contribution in [0.15, 0.2) is 53.4 Å². The predicted molar refractivity (Wildman–Crippen MR) is 102 cm³/mol. The number of rotatable bonds is 7. The minimum Gasteiger partial charge on any atom is -0.392 e. The summed E-state index contributed by atoms with van der Waals surface area (Å²) in [7, 11) is -3.71. The van der Waals surface area contributed by atoms with Crippen molar-refractivity contribution in [1.82, 2.24) is 4.72 Å². The molecule has 3 N–H and O–H groups in total. The lowest BCUT2D eigenvalue weighted by molar-refractivity contribution is 0.102. The molecule has 0 aliphatic heterocycles. The second kappa shape index (κ2) is 8.44. The maximum absolute atomic E-state index is 12.4. The van der Waals surface area contributed by atoms with Crippen LogP contribution in [-0.4, -0.2) is 32.1 Å². The van der Waals surface area contributed by atoms with Crippen LogP contribution >= 0.6 is 0 Å².